The number of hydrogen-bond donors (Lipinski definition) is 1. The molecule has 2 aromatic carbocycles. The summed E-state index contributed by atoms with van der Waals surface area (Å²) in [4.78, 5) is 88.7. The topological polar surface area (TPSA) is 196 Å². The molecular formula is C31H31NO14. The van der Waals surface area contributed by atoms with Crippen molar-refractivity contribution in [2.75, 3.05) is 20.8 Å². The summed E-state index contributed by atoms with van der Waals surface area (Å²) in [6.45, 7) is 3.83. The molecule has 15 heteroatoms. The van der Waals surface area contributed by atoms with Gasteiger partial charge in [-0.3, -0.25) is 33.6 Å². The van der Waals surface area contributed by atoms with Crippen molar-refractivity contribution in [3.8, 4) is 11.5 Å². The van der Waals surface area contributed by atoms with Gasteiger partial charge in [-0.2, -0.15) is 0 Å². The van der Waals surface area contributed by atoms with Crippen molar-refractivity contribution in [2.45, 2.75) is 58.3 Å². The predicted molar refractivity (Wildman–Crippen MR) is 152 cm³/mol. The van der Waals surface area contributed by atoms with E-state index in [0.717, 1.165) is 27.7 Å². The van der Waals surface area contributed by atoms with E-state index in [0.29, 0.717) is 0 Å². The Morgan fingerprint density at radius 1 is 0.739 bits per heavy atom. The van der Waals surface area contributed by atoms with Gasteiger partial charge < -0.3 is 38.5 Å². The Morgan fingerprint density at radius 2 is 1.35 bits per heavy atom. The molecule has 1 fully saturated rings. The van der Waals surface area contributed by atoms with Crippen LogP contribution < -0.4 is 14.8 Å². The molecule has 5 atom stereocenters. The van der Waals surface area contributed by atoms with Gasteiger partial charge in [-0.25, -0.2) is 0 Å². The van der Waals surface area contributed by atoms with Crippen molar-refractivity contribution in [1.82, 2.24) is 5.32 Å². The number of fused-ring (bicyclic) bond motifs is 2. The van der Waals surface area contributed by atoms with Crippen LogP contribution in [0, 0.1) is 0 Å². The van der Waals surface area contributed by atoms with E-state index in [4.69, 9.17) is 33.2 Å². The van der Waals surface area contributed by atoms with E-state index in [-0.39, 0.29) is 39.3 Å². The SMILES string of the molecule is COc1cccc2c1C(=O)c1c(OC)cc(C(=O)N[C@H]3C(OC(C)=O)O[C@H](COC(C)=O)[C@@H](OC(C)=O)[C@H]3OC(C)=O)cc1C2=O. The minimum Gasteiger partial charge on any atom is -0.496 e. The van der Waals surface area contributed by atoms with Crippen LogP contribution in [0.3, 0.4) is 0 Å². The second-order valence-corrected chi connectivity index (χ2v) is 10.2. The minimum absolute atomic E-state index is 0.0469. The van der Waals surface area contributed by atoms with Gasteiger partial charge >= 0.3 is 23.9 Å². The molecule has 1 aliphatic carbocycles. The molecule has 1 saturated heterocycles. The summed E-state index contributed by atoms with van der Waals surface area (Å²) in [5.74, 6) is -5.18. The van der Waals surface area contributed by atoms with Gasteiger partial charge in [-0.05, 0) is 18.2 Å². The highest BCUT2D eigenvalue weighted by molar-refractivity contribution is 6.30. The molecule has 0 bridgehead atoms. The largest absolute Gasteiger partial charge is 0.496 e. The molecule has 1 amide bonds. The second kappa shape index (κ2) is 13.8. The van der Waals surface area contributed by atoms with Crippen LogP contribution in [0.5, 0.6) is 11.5 Å². The van der Waals surface area contributed by atoms with Crippen LogP contribution in [0.15, 0.2) is 30.3 Å². The van der Waals surface area contributed by atoms with E-state index in [1.807, 2.05) is 0 Å². The highest BCUT2D eigenvalue weighted by Gasteiger charge is 2.52. The number of nitrogens with one attached hydrogen (secondary N) is 1. The van der Waals surface area contributed by atoms with E-state index in [9.17, 15) is 33.6 Å². The molecule has 1 unspecified atom stereocenters. The molecule has 1 aliphatic heterocycles. The monoisotopic (exact) mass is 641 g/mol. The van der Waals surface area contributed by atoms with Gasteiger partial charge in [0.05, 0.1) is 25.3 Å². The maximum absolute atomic E-state index is 13.8. The summed E-state index contributed by atoms with van der Waals surface area (Å²) in [6.07, 6.45) is -5.90. The molecule has 15 nitrogen and oxygen atoms in total. The zero-order valence-corrected chi connectivity index (χ0v) is 25.7. The summed E-state index contributed by atoms with van der Waals surface area (Å²) >= 11 is 0. The molecule has 46 heavy (non-hydrogen) atoms. The Balaban J connectivity index is 1.77. The van der Waals surface area contributed by atoms with Crippen LogP contribution in [0.25, 0.3) is 0 Å². The molecular weight excluding hydrogens is 610 g/mol. The van der Waals surface area contributed by atoms with Crippen LogP contribution in [-0.4, -0.2) is 92.8 Å². The Labute approximate surface area is 262 Å². The quantitative estimate of drug-likeness (QED) is 0.259. The lowest BCUT2D eigenvalue weighted by Gasteiger charge is -2.44. The van der Waals surface area contributed by atoms with Crippen molar-refractivity contribution >= 4 is 41.4 Å². The fourth-order valence-corrected chi connectivity index (χ4v) is 5.27. The summed E-state index contributed by atoms with van der Waals surface area (Å²) in [7, 11) is 2.61. The molecule has 1 N–H and O–H groups in total. The van der Waals surface area contributed by atoms with Gasteiger partial charge in [-0.15, -0.1) is 0 Å². The maximum Gasteiger partial charge on any atom is 0.305 e. The van der Waals surface area contributed by atoms with Crippen LogP contribution in [-0.2, 0) is 42.9 Å². The zero-order valence-electron chi connectivity index (χ0n) is 25.7. The normalized spacial score (nSPS) is 21.6. The standard InChI is InChI=1S/C31H31NO14/c1-13(33)42-12-22-28(43-14(2)34)29(44-15(3)35)25(31(46-22)45-16(4)36)32-30(39)17-10-19-24(21(11-17)41-6)27(38)23-18(26(19)37)8-7-9-20(23)40-5/h7-11,22,25,28-29,31H,12H2,1-6H3,(H,32,39)/t22-,25-,28-,29+,31?/m1/s1. The Morgan fingerprint density at radius 3 is 1.93 bits per heavy atom. The first-order chi connectivity index (χ1) is 21.8. The number of ether oxygens (including phenoxy) is 7. The van der Waals surface area contributed by atoms with Crippen molar-refractivity contribution in [3.63, 3.8) is 0 Å². The summed E-state index contributed by atoms with van der Waals surface area (Å²) in [5, 5.41) is 2.57. The Hall–Kier alpha value is -5.31. The Kier molecular flexibility index (Phi) is 10.1. The highest BCUT2D eigenvalue weighted by atomic mass is 16.7. The van der Waals surface area contributed by atoms with Gasteiger partial charge in [0.1, 0.15) is 30.3 Å². The van der Waals surface area contributed by atoms with E-state index in [1.54, 1.807) is 6.07 Å². The maximum atomic E-state index is 13.8. The number of carbonyl (C=O) groups excluding carboxylic acids is 7. The third kappa shape index (κ3) is 6.83. The zero-order chi connectivity index (χ0) is 33.9. The van der Waals surface area contributed by atoms with E-state index < -0.39 is 78.6 Å². The number of amides is 1. The highest BCUT2D eigenvalue weighted by Crippen LogP contribution is 2.38. The van der Waals surface area contributed by atoms with E-state index in [1.165, 1.54) is 38.5 Å². The minimum atomic E-state index is -1.64. The lowest BCUT2D eigenvalue weighted by atomic mass is 9.82. The summed E-state index contributed by atoms with van der Waals surface area (Å²) in [6, 6.07) is 5.45. The third-order valence-corrected chi connectivity index (χ3v) is 7.05. The summed E-state index contributed by atoms with van der Waals surface area (Å²) < 4.78 is 37.6. The molecule has 0 spiro atoms. The molecule has 2 aromatic rings. The van der Waals surface area contributed by atoms with Gasteiger partial charge in [0.25, 0.3) is 5.91 Å². The molecule has 1 heterocycles. The second-order valence-electron chi connectivity index (χ2n) is 10.2. The number of benzene rings is 2. The van der Waals surface area contributed by atoms with Crippen LogP contribution >= 0.6 is 0 Å². The first kappa shape index (κ1) is 33.6. The molecule has 4 rings (SSSR count). The van der Waals surface area contributed by atoms with Gasteiger partial charge in [0.15, 0.2) is 18.0 Å². The first-order valence-corrected chi connectivity index (χ1v) is 13.9. The number of rotatable bonds is 9. The van der Waals surface area contributed by atoms with Crippen molar-refractivity contribution in [1.29, 1.82) is 0 Å². The average Bonchev–Trinajstić information content (AvgIpc) is 2.99. The average molecular weight is 642 g/mol. The number of carbonyl (C=O) groups is 7. The van der Waals surface area contributed by atoms with Gasteiger partial charge in [-0.1, -0.05) is 12.1 Å². The first-order valence-electron chi connectivity index (χ1n) is 13.9. The lowest BCUT2D eigenvalue weighted by molar-refractivity contribution is -0.270. The van der Waals surface area contributed by atoms with Gasteiger partial charge in [0, 0.05) is 44.4 Å². The molecule has 0 aromatic heterocycles. The van der Waals surface area contributed by atoms with Crippen LogP contribution in [0.4, 0.5) is 0 Å². The Bertz CT molecular complexity index is 1610. The fourth-order valence-electron chi connectivity index (χ4n) is 5.27. The number of methoxy groups -OCH3 is 2. The van der Waals surface area contributed by atoms with Crippen LogP contribution in [0.2, 0.25) is 0 Å². The number of ketones is 2. The molecule has 0 saturated carbocycles. The molecule has 0 radical (unpaired) electrons. The smallest absolute Gasteiger partial charge is 0.305 e. The van der Waals surface area contributed by atoms with Gasteiger partial charge in [0.2, 0.25) is 12.1 Å². The number of hydrogen-bond acceptors (Lipinski definition) is 14. The predicted octanol–water partition coefficient (Wildman–Crippen LogP) is 1.29. The fraction of sp³-hybridized carbons (Fsp3) is 0.387. The third-order valence-electron chi connectivity index (χ3n) is 7.05. The molecule has 2 aliphatic rings. The van der Waals surface area contributed by atoms with Crippen molar-refractivity contribution in [2.24, 2.45) is 0 Å². The molecule has 244 valence electrons. The van der Waals surface area contributed by atoms with Crippen LogP contribution in [0.1, 0.15) is 69.9 Å². The van der Waals surface area contributed by atoms with Crippen molar-refractivity contribution < 1.29 is 66.7 Å². The van der Waals surface area contributed by atoms with E-state index >= 15 is 0 Å². The van der Waals surface area contributed by atoms with E-state index in [2.05, 4.69) is 5.32 Å². The number of esters is 4. The summed E-state index contributed by atoms with van der Waals surface area (Å²) in [5.41, 5.74) is -0.267. The lowest BCUT2D eigenvalue weighted by Crippen LogP contribution is -2.67. The van der Waals surface area contributed by atoms with Crippen molar-refractivity contribution in [3.05, 3.63) is 58.1 Å².